The maximum Gasteiger partial charge on any atom is 0.243 e. The van der Waals surface area contributed by atoms with Crippen LogP contribution in [0, 0.1) is 12.8 Å². The molecule has 0 saturated carbocycles. The SMILES string of the molecule is CCSc1nnc(NC(=O)C2CCCN(S(=O)(=O)c3ccc(C)cc3)C2)s1. The van der Waals surface area contributed by atoms with Crippen molar-refractivity contribution in [2.45, 2.75) is 35.9 Å². The molecule has 1 atom stereocenters. The van der Waals surface area contributed by atoms with Gasteiger partial charge in [0, 0.05) is 13.1 Å². The van der Waals surface area contributed by atoms with Crippen LogP contribution in [0.25, 0.3) is 0 Å². The minimum Gasteiger partial charge on any atom is -0.300 e. The average Bonchev–Trinajstić information content (AvgIpc) is 3.09. The summed E-state index contributed by atoms with van der Waals surface area (Å²) in [5, 5.41) is 11.2. The van der Waals surface area contributed by atoms with E-state index in [-0.39, 0.29) is 17.3 Å². The van der Waals surface area contributed by atoms with Crippen LogP contribution >= 0.6 is 23.1 Å². The van der Waals surface area contributed by atoms with Gasteiger partial charge in [-0.25, -0.2) is 8.42 Å². The Kier molecular flexibility index (Phi) is 6.51. The number of rotatable bonds is 6. The number of anilines is 1. The Balaban J connectivity index is 1.67. The molecule has 0 spiro atoms. The van der Waals surface area contributed by atoms with E-state index in [1.165, 1.54) is 15.6 Å². The Labute approximate surface area is 167 Å². The summed E-state index contributed by atoms with van der Waals surface area (Å²) in [6, 6.07) is 6.79. The minimum atomic E-state index is -3.60. The summed E-state index contributed by atoms with van der Waals surface area (Å²) in [6.07, 6.45) is 1.30. The number of sulfonamides is 1. The van der Waals surface area contributed by atoms with Crippen molar-refractivity contribution in [2.75, 3.05) is 24.2 Å². The topological polar surface area (TPSA) is 92.3 Å². The lowest BCUT2D eigenvalue weighted by molar-refractivity contribution is -0.120. The number of hydrogen-bond acceptors (Lipinski definition) is 7. The van der Waals surface area contributed by atoms with E-state index in [9.17, 15) is 13.2 Å². The normalized spacial score (nSPS) is 18.4. The van der Waals surface area contributed by atoms with E-state index in [1.807, 2.05) is 13.8 Å². The third kappa shape index (κ3) is 4.87. The van der Waals surface area contributed by atoms with Gasteiger partial charge in [-0.15, -0.1) is 10.2 Å². The van der Waals surface area contributed by atoms with Crippen molar-refractivity contribution >= 4 is 44.2 Å². The molecule has 1 aromatic carbocycles. The molecule has 1 aliphatic rings. The molecule has 10 heteroatoms. The monoisotopic (exact) mass is 426 g/mol. The van der Waals surface area contributed by atoms with Gasteiger partial charge in [-0.05, 0) is 37.7 Å². The number of benzene rings is 1. The van der Waals surface area contributed by atoms with E-state index in [2.05, 4.69) is 15.5 Å². The zero-order valence-electron chi connectivity index (χ0n) is 15.2. The molecule has 1 aliphatic heterocycles. The van der Waals surface area contributed by atoms with Gasteiger partial charge in [0.15, 0.2) is 4.34 Å². The molecule has 0 aliphatic carbocycles. The van der Waals surface area contributed by atoms with Gasteiger partial charge >= 0.3 is 0 Å². The number of thioether (sulfide) groups is 1. The lowest BCUT2D eigenvalue weighted by Gasteiger charge is -2.31. The van der Waals surface area contributed by atoms with Crippen molar-refractivity contribution in [1.29, 1.82) is 0 Å². The number of nitrogens with one attached hydrogen (secondary N) is 1. The quantitative estimate of drug-likeness (QED) is 0.564. The first-order chi connectivity index (χ1) is 12.9. The summed E-state index contributed by atoms with van der Waals surface area (Å²) in [5.74, 6) is 0.282. The molecule has 7 nitrogen and oxygen atoms in total. The van der Waals surface area contributed by atoms with Gasteiger partial charge in [0.1, 0.15) is 0 Å². The van der Waals surface area contributed by atoms with Crippen molar-refractivity contribution in [3.05, 3.63) is 29.8 Å². The Morgan fingerprint density at radius 1 is 1.33 bits per heavy atom. The third-order valence-electron chi connectivity index (χ3n) is 4.32. The molecule has 2 heterocycles. The molecular formula is C17H22N4O3S3. The molecule has 3 rings (SSSR count). The van der Waals surface area contributed by atoms with Gasteiger partial charge in [-0.3, -0.25) is 4.79 Å². The van der Waals surface area contributed by atoms with Crippen LogP contribution in [0.2, 0.25) is 0 Å². The number of amides is 1. The number of aryl methyl sites for hydroxylation is 1. The second-order valence-electron chi connectivity index (χ2n) is 6.31. The molecular weight excluding hydrogens is 404 g/mol. The van der Waals surface area contributed by atoms with Crippen LogP contribution in [-0.4, -0.2) is 47.7 Å². The Morgan fingerprint density at radius 3 is 2.78 bits per heavy atom. The first-order valence-electron chi connectivity index (χ1n) is 8.74. The fourth-order valence-electron chi connectivity index (χ4n) is 2.88. The summed E-state index contributed by atoms with van der Waals surface area (Å²) in [5.41, 5.74) is 1.00. The molecule has 2 aromatic rings. The standard InChI is InChI=1S/C17H22N4O3S3/c1-3-25-17-20-19-16(26-17)18-15(22)13-5-4-10-21(11-13)27(23,24)14-8-6-12(2)7-9-14/h6-9,13H,3-5,10-11H2,1-2H3,(H,18,19,22). The lowest BCUT2D eigenvalue weighted by atomic mass is 9.99. The van der Waals surface area contributed by atoms with E-state index >= 15 is 0 Å². The highest BCUT2D eigenvalue weighted by Gasteiger charge is 2.33. The number of aromatic nitrogens is 2. The van der Waals surface area contributed by atoms with Crippen molar-refractivity contribution in [1.82, 2.24) is 14.5 Å². The van der Waals surface area contributed by atoms with Gasteiger partial charge in [0.2, 0.25) is 21.1 Å². The van der Waals surface area contributed by atoms with Crippen molar-refractivity contribution in [3.8, 4) is 0 Å². The molecule has 0 radical (unpaired) electrons. The number of carbonyl (C=O) groups excluding carboxylic acids is 1. The van der Waals surface area contributed by atoms with E-state index in [0.29, 0.717) is 24.5 Å². The van der Waals surface area contributed by atoms with Crippen LogP contribution in [0.1, 0.15) is 25.3 Å². The molecule has 0 bridgehead atoms. The molecule has 1 amide bonds. The van der Waals surface area contributed by atoms with Gasteiger partial charge in [-0.1, -0.05) is 47.7 Å². The first kappa shape index (κ1) is 20.2. The predicted octanol–water partition coefficient (Wildman–Crippen LogP) is 3.00. The second kappa shape index (κ2) is 8.68. The second-order valence-corrected chi connectivity index (χ2v) is 10.7. The zero-order chi connectivity index (χ0) is 19.4. The Hall–Kier alpha value is -1.49. The van der Waals surface area contributed by atoms with Crippen LogP contribution in [0.3, 0.4) is 0 Å². The van der Waals surface area contributed by atoms with E-state index < -0.39 is 15.9 Å². The zero-order valence-corrected chi connectivity index (χ0v) is 17.7. The van der Waals surface area contributed by atoms with Crippen molar-refractivity contribution < 1.29 is 13.2 Å². The first-order valence-corrected chi connectivity index (χ1v) is 12.0. The van der Waals surface area contributed by atoms with Crippen molar-refractivity contribution in [3.63, 3.8) is 0 Å². The number of piperidine rings is 1. The summed E-state index contributed by atoms with van der Waals surface area (Å²) >= 11 is 2.90. The van der Waals surface area contributed by atoms with Crippen LogP contribution in [0.5, 0.6) is 0 Å². The Morgan fingerprint density at radius 2 is 2.07 bits per heavy atom. The minimum absolute atomic E-state index is 0.178. The molecule has 1 unspecified atom stereocenters. The fraction of sp³-hybridized carbons (Fsp3) is 0.471. The van der Waals surface area contributed by atoms with Crippen molar-refractivity contribution in [2.24, 2.45) is 5.92 Å². The maximum absolute atomic E-state index is 12.9. The molecule has 1 fully saturated rings. The smallest absolute Gasteiger partial charge is 0.243 e. The summed E-state index contributed by atoms with van der Waals surface area (Å²) in [7, 11) is -3.60. The number of nitrogens with zero attached hydrogens (tertiary/aromatic N) is 3. The highest BCUT2D eigenvalue weighted by atomic mass is 32.2. The largest absolute Gasteiger partial charge is 0.300 e. The fourth-order valence-corrected chi connectivity index (χ4v) is 6.06. The molecule has 27 heavy (non-hydrogen) atoms. The number of hydrogen-bond donors (Lipinski definition) is 1. The number of carbonyl (C=O) groups is 1. The van der Waals surface area contributed by atoms with E-state index in [0.717, 1.165) is 15.7 Å². The Bertz CT molecular complexity index is 896. The van der Waals surface area contributed by atoms with Crippen LogP contribution in [0.4, 0.5) is 5.13 Å². The average molecular weight is 427 g/mol. The lowest BCUT2D eigenvalue weighted by Crippen LogP contribution is -2.43. The van der Waals surface area contributed by atoms with Gasteiger partial charge < -0.3 is 5.32 Å². The van der Waals surface area contributed by atoms with Crippen LogP contribution in [0.15, 0.2) is 33.5 Å². The van der Waals surface area contributed by atoms with Gasteiger partial charge in [0.05, 0.1) is 10.8 Å². The summed E-state index contributed by atoms with van der Waals surface area (Å²) in [6.45, 7) is 4.54. The molecule has 146 valence electrons. The van der Waals surface area contributed by atoms with Crippen LogP contribution < -0.4 is 5.32 Å². The predicted molar refractivity (Wildman–Crippen MR) is 108 cm³/mol. The maximum atomic E-state index is 12.9. The van der Waals surface area contributed by atoms with Gasteiger partial charge in [0.25, 0.3) is 0 Å². The molecule has 1 saturated heterocycles. The van der Waals surface area contributed by atoms with E-state index in [4.69, 9.17) is 0 Å². The highest BCUT2D eigenvalue weighted by molar-refractivity contribution is 8.01. The molecule has 1 aromatic heterocycles. The summed E-state index contributed by atoms with van der Waals surface area (Å²) in [4.78, 5) is 12.9. The third-order valence-corrected chi connectivity index (χ3v) is 8.05. The van der Waals surface area contributed by atoms with E-state index in [1.54, 1.807) is 36.0 Å². The van der Waals surface area contributed by atoms with Gasteiger partial charge in [-0.2, -0.15) is 4.31 Å². The molecule has 1 N–H and O–H groups in total. The van der Waals surface area contributed by atoms with Crippen LogP contribution in [-0.2, 0) is 14.8 Å². The highest BCUT2D eigenvalue weighted by Crippen LogP contribution is 2.28. The summed E-state index contributed by atoms with van der Waals surface area (Å²) < 4.78 is 28.0.